The van der Waals surface area contributed by atoms with Gasteiger partial charge in [-0.15, -0.1) is 0 Å². The molecule has 0 saturated carbocycles. The Labute approximate surface area is 233 Å². The van der Waals surface area contributed by atoms with Crippen LogP contribution in [0.4, 0.5) is 13.2 Å². The summed E-state index contributed by atoms with van der Waals surface area (Å²) in [5, 5.41) is 11.5. The summed E-state index contributed by atoms with van der Waals surface area (Å²) < 4.78 is 52.1. The maximum atomic E-state index is 14.2. The van der Waals surface area contributed by atoms with Gasteiger partial charge in [-0.05, 0) is 36.6 Å². The number of carboxylic acids is 1. The number of aryl methyl sites for hydroxylation is 2. The Bertz CT molecular complexity index is 1320. The van der Waals surface area contributed by atoms with Gasteiger partial charge in [0, 0.05) is 19.5 Å². The standard InChI is InChI=1S/C28H29F3N2O8/c1-15-5-3-4-6-17(15)10-21(34)28(39)33-7-8-40-13-18(12-33)27(38)32-20(11-23(36)37)22(35)14-41-26-24(30)16(2)9-19(29)25(26)31/h3-6,9,18,20H,7-8,10-14H2,1-2H3,(H,32,38)(H,36,37)/t18-,20+/m1/s1. The maximum Gasteiger partial charge on any atom is 0.305 e. The Kier molecular flexibility index (Phi) is 10.6. The fourth-order valence-corrected chi connectivity index (χ4v) is 4.17. The van der Waals surface area contributed by atoms with Crippen LogP contribution in [-0.4, -0.2) is 78.3 Å². The maximum absolute atomic E-state index is 14.2. The van der Waals surface area contributed by atoms with Crippen LogP contribution in [0.1, 0.15) is 23.1 Å². The number of rotatable bonds is 11. The molecule has 1 fully saturated rings. The Hall–Kier alpha value is -4.26. The number of ether oxygens (including phenoxy) is 2. The highest BCUT2D eigenvalue weighted by Crippen LogP contribution is 2.27. The molecule has 0 aromatic heterocycles. The molecular formula is C28H29F3N2O8. The zero-order chi connectivity index (χ0) is 30.3. The first kappa shape index (κ1) is 31.3. The summed E-state index contributed by atoms with van der Waals surface area (Å²) in [6.45, 7) is 1.51. The average molecular weight is 579 g/mol. The van der Waals surface area contributed by atoms with Crippen molar-refractivity contribution in [2.45, 2.75) is 32.7 Å². The number of nitrogens with zero attached hydrogens (tertiary/aromatic N) is 1. The fraction of sp³-hybridized carbons (Fsp3) is 0.393. The summed E-state index contributed by atoms with van der Waals surface area (Å²) in [5.41, 5.74) is 1.23. The van der Waals surface area contributed by atoms with E-state index in [4.69, 9.17) is 9.47 Å². The molecule has 1 aliphatic heterocycles. The summed E-state index contributed by atoms with van der Waals surface area (Å²) in [6, 6.07) is 5.99. The van der Waals surface area contributed by atoms with Gasteiger partial charge in [0.15, 0.2) is 23.2 Å². The van der Waals surface area contributed by atoms with Crippen LogP contribution in [0.3, 0.4) is 0 Å². The van der Waals surface area contributed by atoms with Crippen LogP contribution in [0.2, 0.25) is 0 Å². The number of carboxylic acid groups (broad SMARTS) is 1. The molecule has 1 heterocycles. The highest BCUT2D eigenvalue weighted by atomic mass is 19.2. The lowest BCUT2D eigenvalue weighted by atomic mass is 10.0. The number of nitrogens with one attached hydrogen (secondary N) is 1. The lowest BCUT2D eigenvalue weighted by molar-refractivity contribution is -0.145. The van der Waals surface area contributed by atoms with Crippen molar-refractivity contribution in [1.29, 1.82) is 0 Å². The average Bonchev–Trinajstić information content (AvgIpc) is 3.18. The minimum atomic E-state index is -1.68. The summed E-state index contributed by atoms with van der Waals surface area (Å²) in [6.07, 6.45) is -1.03. The molecule has 0 radical (unpaired) electrons. The first-order chi connectivity index (χ1) is 19.4. The molecule has 1 aliphatic rings. The predicted octanol–water partition coefficient (Wildman–Crippen LogP) is 1.91. The molecule has 3 rings (SSSR count). The SMILES string of the molecule is Cc1ccccc1CC(=O)C(=O)N1CCOC[C@H](C(=O)N[C@@H](CC(=O)O)C(=O)COc2c(F)c(C)cc(F)c2F)C1. The van der Waals surface area contributed by atoms with Crippen molar-refractivity contribution >= 4 is 29.4 Å². The normalized spacial score (nSPS) is 15.9. The Morgan fingerprint density at radius 3 is 2.49 bits per heavy atom. The summed E-state index contributed by atoms with van der Waals surface area (Å²) in [5.74, 6) is -11.4. The summed E-state index contributed by atoms with van der Waals surface area (Å²) >= 11 is 0. The second-order valence-electron chi connectivity index (χ2n) is 9.60. The molecule has 2 aromatic carbocycles. The van der Waals surface area contributed by atoms with Crippen molar-refractivity contribution < 1.29 is 51.7 Å². The first-order valence-corrected chi connectivity index (χ1v) is 12.6. The van der Waals surface area contributed by atoms with Gasteiger partial charge in [-0.2, -0.15) is 4.39 Å². The second kappa shape index (κ2) is 13.9. The number of ketones is 2. The van der Waals surface area contributed by atoms with Crippen LogP contribution in [-0.2, 0) is 35.1 Å². The van der Waals surface area contributed by atoms with Gasteiger partial charge in [-0.3, -0.25) is 24.0 Å². The highest BCUT2D eigenvalue weighted by Gasteiger charge is 2.33. The van der Waals surface area contributed by atoms with Crippen molar-refractivity contribution in [3.8, 4) is 5.75 Å². The monoisotopic (exact) mass is 578 g/mol. The molecule has 2 N–H and O–H groups in total. The van der Waals surface area contributed by atoms with E-state index in [0.29, 0.717) is 11.6 Å². The van der Waals surface area contributed by atoms with Gasteiger partial charge in [-0.1, -0.05) is 24.3 Å². The third kappa shape index (κ3) is 8.13. The van der Waals surface area contributed by atoms with E-state index in [1.54, 1.807) is 31.2 Å². The fourth-order valence-electron chi connectivity index (χ4n) is 4.17. The third-order valence-corrected chi connectivity index (χ3v) is 6.51. The van der Waals surface area contributed by atoms with E-state index in [-0.39, 0.29) is 38.3 Å². The van der Waals surface area contributed by atoms with E-state index in [1.165, 1.54) is 0 Å². The zero-order valence-corrected chi connectivity index (χ0v) is 22.4. The molecular weight excluding hydrogens is 549 g/mol. The lowest BCUT2D eigenvalue weighted by Crippen LogP contribution is -2.50. The van der Waals surface area contributed by atoms with Crippen LogP contribution in [0.25, 0.3) is 0 Å². The lowest BCUT2D eigenvalue weighted by Gasteiger charge is -2.24. The first-order valence-electron chi connectivity index (χ1n) is 12.6. The molecule has 2 aromatic rings. The molecule has 0 bridgehead atoms. The molecule has 0 spiro atoms. The summed E-state index contributed by atoms with van der Waals surface area (Å²) in [4.78, 5) is 63.8. The largest absolute Gasteiger partial charge is 0.481 e. The number of benzene rings is 2. The van der Waals surface area contributed by atoms with Gasteiger partial charge in [0.05, 0.1) is 25.6 Å². The van der Waals surface area contributed by atoms with Gasteiger partial charge in [-0.25, -0.2) is 8.78 Å². The molecule has 2 amide bonds. The molecule has 0 unspecified atom stereocenters. The topological polar surface area (TPSA) is 139 Å². The van der Waals surface area contributed by atoms with Crippen molar-refractivity contribution in [2.24, 2.45) is 5.92 Å². The molecule has 2 atom stereocenters. The summed E-state index contributed by atoms with van der Waals surface area (Å²) in [7, 11) is 0. The number of carbonyl (C=O) groups excluding carboxylic acids is 4. The van der Waals surface area contributed by atoms with Crippen LogP contribution in [0.5, 0.6) is 5.75 Å². The van der Waals surface area contributed by atoms with E-state index in [1.807, 2.05) is 0 Å². The second-order valence-corrected chi connectivity index (χ2v) is 9.60. The van der Waals surface area contributed by atoms with E-state index in [2.05, 4.69) is 5.32 Å². The van der Waals surface area contributed by atoms with Crippen LogP contribution in [0.15, 0.2) is 30.3 Å². The molecule has 0 aliphatic carbocycles. The van der Waals surface area contributed by atoms with Crippen molar-refractivity contribution in [3.05, 3.63) is 64.5 Å². The van der Waals surface area contributed by atoms with Crippen molar-refractivity contribution in [1.82, 2.24) is 10.2 Å². The number of hydrogen-bond acceptors (Lipinski definition) is 7. The minimum Gasteiger partial charge on any atom is -0.481 e. The minimum absolute atomic E-state index is 0.0254. The van der Waals surface area contributed by atoms with Crippen molar-refractivity contribution in [2.75, 3.05) is 32.9 Å². The van der Waals surface area contributed by atoms with Crippen LogP contribution in [0, 0.1) is 37.2 Å². The van der Waals surface area contributed by atoms with Crippen molar-refractivity contribution in [3.63, 3.8) is 0 Å². The number of aliphatic carboxylic acids is 1. The van der Waals surface area contributed by atoms with Crippen LogP contribution >= 0.6 is 0 Å². The van der Waals surface area contributed by atoms with Gasteiger partial charge in [0.2, 0.25) is 17.5 Å². The third-order valence-electron chi connectivity index (χ3n) is 6.51. The number of halogens is 3. The molecule has 10 nitrogen and oxygen atoms in total. The number of amides is 2. The quantitative estimate of drug-likeness (QED) is 0.305. The van der Waals surface area contributed by atoms with Gasteiger partial charge < -0.3 is 24.8 Å². The molecule has 13 heteroatoms. The number of hydrogen-bond donors (Lipinski definition) is 2. The number of Topliss-reactive ketones (excluding diaryl/α,β-unsaturated/α-hetero) is 2. The van der Waals surface area contributed by atoms with E-state index in [9.17, 15) is 42.3 Å². The van der Waals surface area contributed by atoms with Gasteiger partial charge >= 0.3 is 5.97 Å². The smallest absolute Gasteiger partial charge is 0.305 e. The predicted molar refractivity (Wildman–Crippen MR) is 137 cm³/mol. The number of carbonyl (C=O) groups is 5. The molecule has 220 valence electrons. The van der Waals surface area contributed by atoms with Gasteiger partial charge in [0.1, 0.15) is 12.6 Å². The van der Waals surface area contributed by atoms with Crippen LogP contribution < -0.4 is 10.1 Å². The Morgan fingerprint density at radius 2 is 1.80 bits per heavy atom. The highest BCUT2D eigenvalue weighted by molar-refractivity contribution is 6.36. The zero-order valence-electron chi connectivity index (χ0n) is 22.4. The van der Waals surface area contributed by atoms with Gasteiger partial charge in [0.25, 0.3) is 5.91 Å². The molecule has 1 saturated heterocycles. The Balaban J connectivity index is 1.67. The molecule has 41 heavy (non-hydrogen) atoms. The van der Waals surface area contributed by atoms with E-state index >= 15 is 0 Å². The van der Waals surface area contributed by atoms with E-state index in [0.717, 1.165) is 17.4 Å². The van der Waals surface area contributed by atoms with E-state index < -0.39 is 77.5 Å². The Morgan fingerprint density at radius 1 is 1.10 bits per heavy atom.